The standard InChI is InChI=1S/C38H66N2O5/c1-3-5-7-8-9-10-11-12-13-14-15-16-17-18-19-20-21-22-26-32-37(42)45-34(28-6-4-2)29-24-23-25-31-36(41)40-35(38(43)44)30-27-33-39/h5,7,9-10,12-13,15-16,34-35H,3-4,6,8,11,14,17-33,39H2,1-2H3,(H,40,41)(H,43,44)/b7-5-,10-9-,13-12-,16-15-. The molecule has 0 aromatic carbocycles. The third-order valence-corrected chi connectivity index (χ3v) is 7.66. The Morgan fingerprint density at radius 2 is 1.22 bits per heavy atom. The number of rotatable bonds is 31. The van der Waals surface area contributed by atoms with Crippen LogP contribution in [0.4, 0.5) is 0 Å². The first-order valence-corrected chi connectivity index (χ1v) is 18.0. The van der Waals surface area contributed by atoms with E-state index in [4.69, 9.17) is 10.5 Å². The molecule has 0 aromatic rings. The maximum Gasteiger partial charge on any atom is 0.326 e. The molecule has 0 aliphatic heterocycles. The van der Waals surface area contributed by atoms with Crippen molar-refractivity contribution in [2.75, 3.05) is 6.54 Å². The molecule has 0 radical (unpaired) electrons. The van der Waals surface area contributed by atoms with E-state index < -0.39 is 12.0 Å². The van der Waals surface area contributed by atoms with Gasteiger partial charge in [-0.25, -0.2) is 4.79 Å². The molecule has 0 spiro atoms. The van der Waals surface area contributed by atoms with Gasteiger partial charge in [0.2, 0.25) is 5.91 Å². The van der Waals surface area contributed by atoms with E-state index in [1.54, 1.807) is 0 Å². The first kappa shape index (κ1) is 42.3. The first-order chi connectivity index (χ1) is 21.9. The van der Waals surface area contributed by atoms with Gasteiger partial charge in [-0.1, -0.05) is 107 Å². The molecule has 0 bridgehead atoms. The maximum atomic E-state index is 12.5. The minimum atomic E-state index is -1.02. The molecule has 7 heteroatoms. The van der Waals surface area contributed by atoms with Gasteiger partial charge in [0, 0.05) is 12.8 Å². The summed E-state index contributed by atoms with van der Waals surface area (Å²) in [6.07, 6.45) is 37.7. The number of hydrogen-bond acceptors (Lipinski definition) is 5. The van der Waals surface area contributed by atoms with Crippen molar-refractivity contribution in [1.29, 1.82) is 0 Å². The molecule has 0 saturated heterocycles. The molecule has 0 aromatic heterocycles. The number of aliphatic carboxylic acids is 1. The Morgan fingerprint density at radius 3 is 1.84 bits per heavy atom. The Balaban J connectivity index is 3.92. The minimum absolute atomic E-state index is 0.0581. The van der Waals surface area contributed by atoms with Crippen molar-refractivity contribution in [3.8, 4) is 0 Å². The predicted octanol–water partition coefficient (Wildman–Crippen LogP) is 9.27. The van der Waals surface area contributed by atoms with Crippen LogP contribution < -0.4 is 11.1 Å². The summed E-state index contributed by atoms with van der Waals surface area (Å²) in [5.74, 6) is -1.35. The summed E-state index contributed by atoms with van der Waals surface area (Å²) in [5, 5.41) is 11.8. The predicted molar refractivity (Wildman–Crippen MR) is 188 cm³/mol. The number of ether oxygens (including phenoxy) is 1. The van der Waals surface area contributed by atoms with Crippen LogP contribution >= 0.6 is 0 Å². The largest absolute Gasteiger partial charge is 0.480 e. The lowest BCUT2D eigenvalue weighted by Gasteiger charge is -2.18. The van der Waals surface area contributed by atoms with Gasteiger partial charge in [-0.2, -0.15) is 0 Å². The van der Waals surface area contributed by atoms with E-state index in [1.807, 2.05) is 0 Å². The number of allylic oxidation sites excluding steroid dienone is 8. The number of esters is 1. The molecule has 0 aliphatic carbocycles. The van der Waals surface area contributed by atoms with Crippen molar-refractivity contribution >= 4 is 17.8 Å². The average molecular weight is 631 g/mol. The summed E-state index contributed by atoms with van der Waals surface area (Å²) in [7, 11) is 0. The van der Waals surface area contributed by atoms with Crippen LogP contribution in [0.1, 0.15) is 155 Å². The first-order valence-electron chi connectivity index (χ1n) is 18.0. The molecule has 0 heterocycles. The Labute approximate surface area is 275 Å². The average Bonchev–Trinajstić information content (AvgIpc) is 3.02. The number of hydrogen-bond donors (Lipinski definition) is 3. The molecule has 4 N–H and O–H groups in total. The quantitative estimate of drug-likeness (QED) is 0.0399. The summed E-state index contributed by atoms with van der Waals surface area (Å²) in [6.45, 7) is 4.69. The zero-order valence-corrected chi connectivity index (χ0v) is 28.7. The monoisotopic (exact) mass is 630 g/mol. The Kier molecular flexibility index (Phi) is 30.8. The van der Waals surface area contributed by atoms with Gasteiger partial charge in [0.1, 0.15) is 12.1 Å². The highest BCUT2D eigenvalue weighted by atomic mass is 16.5. The maximum absolute atomic E-state index is 12.5. The van der Waals surface area contributed by atoms with Crippen molar-refractivity contribution in [3.05, 3.63) is 48.6 Å². The van der Waals surface area contributed by atoms with Gasteiger partial charge in [-0.05, 0) is 90.0 Å². The van der Waals surface area contributed by atoms with Crippen LogP contribution in [-0.4, -0.2) is 41.6 Å². The van der Waals surface area contributed by atoms with Crippen molar-refractivity contribution in [3.63, 3.8) is 0 Å². The Bertz CT molecular complexity index is 849. The minimum Gasteiger partial charge on any atom is -0.480 e. The molecular formula is C38H66N2O5. The Hall–Kier alpha value is -2.67. The molecule has 258 valence electrons. The number of nitrogens with one attached hydrogen (secondary N) is 1. The summed E-state index contributed by atoms with van der Waals surface area (Å²) in [6, 6.07) is -0.875. The molecule has 2 atom stereocenters. The molecular weight excluding hydrogens is 564 g/mol. The number of carboxylic acid groups (broad SMARTS) is 1. The smallest absolute Gasteiger partial charge is 0.326 e. The topological polar surface area (TPSA) is 119 Å². The highest BCUT2D eigenvalue weighted by Gasteiger charge is 2.19. The SMILES string of the molecule is CC/C=C\C/C=C\C/C=C\C/C=C\CCCCCCCCC(=O)OC(CCCC)CCCCCC(=O)NC(CCCN)C(=O)O. The zero-order chi connectivity index (χ0) is 33.2. The van der Waals surface area contributed by atoms with Gasteiger partial charge in [0.05, 0.1) is 0 Å². The molecule has 1 amide bonds. The third kappa shape index (κ3) is 29.8. The van der Waals surface area contributed by atoms with E-state index in [9.17, 15) is 19.5 Å². The molecule has 45 heavy (non-hydrogen) atoms. The van der Waals surface area contributed by atoms with Crippen LogP contribution in [0.5, 0.6) is 0 Å². The Morgan fingerprint density at radius 1 is 0.667 bits per heavy atom. The van der Waals surface area contributed by atoms with E-state index in [0.29, 0.717) is 38.6 Å². The fourth-order valence-corrected chi connectivity index (χ4v) is 4.96. The number of unbranched alkanes of at least 4 members (excludes halogenated alkanes) is 9. The van der Waals surface area contributed by atoms with Gasteiger partial charge in [-0.15, -0.1) is 0 Å². The van der Waals surface area contributed by atoms with E-state index in [2.05, 4.69) is 67.8 Å². The fraction of sp³-hybridized carbons (Fsp3) is 0.711. The van der Waals surface area contributed by atoms with E-state index in [-0.39, 0.29) is 18.0 Å². The van der Waals surface area contributed by atoms with E-state index >= 15 is 0 Å². The van der Waals surface area contributed by atoms with E-state index in [0.717, 1.165) is 89.9 Å². The van der Waals surface area contributed by atoms with Crippen LogP contribution in [0.15, 0.2) is 48.6 Å². The molecule has 7 nitrogen and oxygen atoms in total. The summed E-state index contributed by atoms with van der Waals surface area (Å²) in [4.78, 5) is 35.9. The number of amides is 1. The van der Waals surface area contributed by atoms with Crippen molar-refractivity contribution < 1.29 is 24.2 Å². The van der Waals surface area contributed by atoms with Crippen LogP contribution in [0.3, 0.4) is 0 Å². The van der Waals surface area contributed by atoms with Gasteiger partial charge in [0.25, 0.3) is 0 Å². The lowest BCUT2D eigenvalue weighted by molar-refractivity contribution is -0.150. The van der Waals surface area contributed by atoms with Gasteiger partial charge in [0.15, 0.2) is 0 Å². The summed E-state index contributed by atoms with van der Waals surface area (Å²) in [5.41, 5.74) is 5.45. The van der Waals surface area contributed by atoms with Gasteiger partial charge >= 0.3 is 11.9 Å². The van der Waals surface area contributed by atoms with Crippen molar-refractivity contribution in [1.82, 2.24) is 5.32 Å². The highest BCUT2D eigenvalue weighted by Crippen LogP contribution is 2.16. The number of nitrogens with two attached hydrogens (primary N) is 1. The van der Waals surface area contributed by atoms with Crippen molar-refractivity contribution in [2.24, 2.45) is 5.73 Å². The number of carbonyl (C=O) groups is 3. The lowest BCUT2D eigenvalue weighted by atomic mass is 10.0. The van der Waals surface area contributed by atoms with Crippen LogP contribution in [-0.2, 0) is 19.1 Å². The second kappa shape index (κ2) is 32.7. The normalized spacial score (nSPS) is 13.3. The molecule has 0 aliphatic rings. The van der Waals surface area contributed by atoms with Crippen LogP contribution in [0.2, 0.25) is 0 Å². The van der Waals surface area contributed by atoms with Gasteiger partial charge < -0.3 is 20.9 Å². The van der Waals surface area contributed by atoms with E-state index in [1.165, 1.54) is 19.3 Å². The third-order valence-electron chi connectivity index (χ3n) is 7.66. The molecule has 2 unspecified atom stereocenters. The summed E-state index contributed by atoms with van der Waals surface area (Å²) >= 11 is 0. The second-order valence-electron chi connectivity index (χ2n) is 11.9. The molecule has 0 rings (SSSR count). The van der Waals surface area contributed by atoms with Crippen LogP contribution in [0.25, 0.3) is 0 Å². The number of carbonyl (C=O) groups excluding carboxylic acids is 2. The summed E-state index contributed by atoms with van der Waals surface area (Å²) < 4.78 is 5.82. The van der Waals surface area contributed by atoms with Gasteiger partial charge in [-0.3, -0.25) is 9.59 Å². The second-order valence-corrected chi connectivity index (χ2v) is 11.9. The molecule has 0 fully saturated rings. The number of carboxylic acids is 1. The van der Waals surface area contributed by atoms with Crippen LogP contribution in [0, 0.1) is 0 Å². The molecule has 0 saturated carbocycles. The van der Waals surface area contributed by atoms with Crippen molar-refractivity contribution in [2.45, 2.75) is 167 Å². The fourth-order valence-electron chi connectivity index (χ4n) is 4.96. The zero-order valence-electron chi connectivity index (χ0n) is 28.7. The lowest BCUT2D eigenvalue weighted by Crippen LogP contribution is -2.40. The highest BCUT2D eigenvalue weighted by molar-refractivity contribution is 5.83.